The normalized spacial score (nSPS) is 18.6. The Morgan fingerprint density at radius 2 is 2.05 bits per heavy atom. The molecule has 0 amide bonds. The van der Waals surface area contributed by atoms with Gasteiger partial charge in [-0.25, -0.2) is 0 Å². The minimum atomic E-state index is 0.701. The van der Waals surface area contributed by atoms with E-state index in [1.807, 2.05) is 18.2 Å². The van der Waals surface area contributed by atoms with Gasteiger partial charge in [0.15, 0.2) is 16.6 Å². The van der Waals surface area contributed by atoms with Crippen molar-refractivity contribution in [2.45, 2.75) is 19.8 Å². The first-order valence-electron chi connectivity index (χ1n) is 6.92. The van der Waals surface area contributed by atoms with E-state index in [-0.39, 0.29) is 0 Å². The SMILES string of the molecule is COc1ccc(NC(=S)N2CCC[C@H](C)C2)cc1OC. The minimum absolute atomic E-state index is 0.701. The number of hydrogen-bond donors (Lipinski definition) is 1. The predicted molar refractivity (Wildman–Crippen MR) is 85.7 cm³/mol. The van der Waals surface area contributed by atoms with E-state index in [2.05, 4.69) is 17.1 Å². The quantitative estimate of drug-likeness (QED) is 0.866. The fourth-order valence-electron chi connectivity index (χ4n) is 2.49. The molecule has 0 spiro atoms. The van der Waals surface area contributed by atoms with Crippen molar-refractivity contribution in [2.75, 3.05) is 32.6 Å². The summed E-state index contributed by atoms with van der Waals surface area (Å²) >= 11 is 5.49. The summed E-state index contributed by atoms with van der Waals surface area (Å²) in [7, 11) is 3.26. The van der Waals surface area contributed by atoms with Gasteiger partial charge < -0.3 is 19.7 Å². The zero-order chi connectivity index (χ0) is 14.5. The number of thiocarbonyl (C=S) groups is 1. The molecule has 1 N–H and O–H groups in total. The summed E-state index contributed by atoms with van der Waals surface area (Å²) in [4.78, 5) is 2.24. The topological polar surface area (TPSA) is 33.7 Å². The van der Waals surface area contributed by atoms with Crippen molar-refractivity contribution < 1.29 is 9.47 Å². The minimum Gasteiger partial charge on any atom is -0.493 e. The van der Waals surface area contributed by atoms with E-state index < -0.39 is 0 Å². The third-order valence-electron chi connectivity index (χ3n) is 3.58. The first kappa shape index (κ1) is 14.9. The Hall–Kier alpha value is -1.49. The number of nitrogens with one attached hydrogen (secondary N) is 1. The van der Waals surface area contributed by atoms with Crippen molar-refractivity contribution in [1.29, 1.82) is 0 Å². The molecule has 0 saturated carbocycles. The summed E-state index contributed by atoms with van der Waals surface area (Å²) in [5.41, 5.74) is 0.922. The second-order valence-corrected chi connectivity index (χ2v) is 5.58. The number of benzene rings is 1. The monoisotopic (exact) mass is 294 g/mol. The molecule has 1 aliphatic heterocycles. The number of piperidine rings is 1. The molecule has 2 rings (SSSR count). The molecule has 0 radical (unpaired) electrons. The van der Waals surface area contributed by atoms with Crippen LogP contribution in [0.4, 0.5) is 5.69 Å². The van der Waals surface area contributed by atoms with Crippen molar-refractivity contribution in [2.24, 2.45) is 5.92 Å². The Morgan fingerprint density at radius 1 is 1.30 bits per heavy atom. The van der Waals surface area contributed by atoms with Gasteiger partial charge in [0, 0.05) is 24.8 Å². The van der Waals surface area contributed by atoms with Crippen molar-refractivity contribution in [3.63, 3.8) is 0 Å². The summed E-state index contributed by atoms with van der Waals surface area (Å²) in [6.45, 7) is 4.33. The van der Waals surface area contributed by atoms with Crippen LogP contribution in [0.3, 0.4) is 0 Å². The van der Waals surface area contributed by atoms with E-state index in [1.54, 1.807) is 14.2 Å². The maximum Gasteiger partial charge on any atom is 0.173 e. The van der Waals surface area contributed by atoms with Crippen molar-refractivity contribution in [3.8, 4) is 11.5 Å². The van der Waals surface area contributed by atoms with Gasteiger partial charge >= 0.3 is 0 Å². The highest BCUT2D eigenvalue weighted by Gasteiger charge is 2.18. The molecule has 110 valence electrons. The third-order valence-corrected chi connectivity index (χ3v) is 3.94. The predicted octanol–water partition coefficient (Wildman–Crippen LogP) is 3.13. The van der Waals surface area contributed by atoms with Crippen molar-refractivity contribution in [3.05, 3.63) is 18.2 Å². The van der Waals surface area contributed by atoms with Gasteiger partial charge in [0.25, 0.3) is 0 Å². The fraction of sp³-hybridized carbons (Fsp3) is 0.533. The molecule has 1 fully saturated rings. The molecule has 0 unspecified atom stereocenters. The maximum atomic E-state index is 5.49. The van der Waals surface area contributed by atoms with E-state index in [1.165, 1.54) is 12.8 Å². The van der Waals surface area contributed by atoms with Crippen LogP contribution >= 0.6 is 12.2 Å². The lowest BCUT2D eigenvalue weighted by atomic mass is 10.0. The number of methoxy groups -OCH3 is 2. The van der Waals surface area contributed by atoms with Crippen LogP contribution in [-0.2, 0) is 0 Å². The standard InChI is InChI=1S/C15H22N2O2S/c1-11-5-4-8-17(10-11)15(20)16-12-6-7-13(18-2)14(9-12)19-3/h6-7,9,11H,4-5,8,10H2,1-3H3,(H,16,20)/t11-/m0/s1. The van der Waals surface area contributed by atoms with Crippen LogP contribution < -0.4 is 14.8 Å². The van der Waals surface area contributed by atoms with Crippen LogP contribution in [-0.4, -0.2) is 37.3 Å². The fourth-order valence-corrected chi connectivity index (χ4v) is 2.77. The summed E-state index contributed by atoms with van der Waals surface area (Å²) in [5, 5.41) is 4.06. The Bertz CT molecular complexity index is 479. The van der Waals surface area contributed by atoms with E-state index in [0.29, 0.717) is 11.7 Å². The van der Waals surface area contributed by atoms with Gasteiger partial charge in [0.2, 0.25) is 0 Å². The summed E-state index contributed by atoms with van der Waals surface area (Å²) in [5.74, 6) is 2.12. The highest BCUT2D eigenvalue weighted by molar-refractivity contribution is 7.80. The molecule has 1 heterocycles. The second kappa shape index (κ2) is 6.79. The van der Waals surface area contributed by atoms with Crippen LogP contribution in [0.1, 0.15) is 19.8 Å². The van der Waals surface area contributed by atoms with Gasteiger partial charge in [0.05, 0.1) is 14.2 Å². The zero-order valence-corrected chi connectivity index (χ0v) is 13.1. The van der Waals surface area contributed by atoms with Gasteiger partial charge in [-0.3, -0.25) is 0 Å². The third kappa shape index (κ3) is 3.54. The molecule has 5 heteroatoms. The van der Waals surface area contributed by atoms with Crippen molar-refractivity contribution >= 4 is 23.0 Å². The first-order chi connectivity index (χ1) is 9.63. The van der Waals surface area contributed by atoms with E-state index in [9.17, 15) is 0 Å². The number of ether oxygens (including phenoxy) is 2. The lowest BCUT2D eigenvalue weighted by Gasteiger charge is -2.33. The van der Waals surface area contributed by atoms with Crippen LogP contribution in [0.2, 0.25) is 0 Å². The van der Waals surface area contributed by atoms with Crippen LogP contribution in [0.25, 0.3) is 0 Å². The lowest BCUT2D eigenvalue weighted by molar-refractivity contribution is 0.276. The molecular formula is C15H22N2O2S. The maximum absolute atomic E-state index is 5.49. The highest BCUT2D eigenvalue weighted by atomic mass is 32.1. The largest absolute Gasteiger partial charge is 0.493 e. The number of likely N-dealkylation sites (tertiary alicyclic amines) is 1. The molecule has 1 saturated heterocycles. The van der Waals surface area contributed by atoms with Crippen LogP contribution in [0, 0.1) is 5.92 Å². The van der Waals surface area contributed by atoms with Gasteiger partial charge in [-0.2, -0.15) is 0 Å². The number of anilines is 1. The average Bonchev–Trinajstić information content (AvgIpc) is 2.47. The molecule has 1 aliphatic rings. The first-order valence-corrected chi connectivity index (χ1v) is 7.33. The lowest BCUT2D eigenvalue weighted by Crippen LogP contribution is -2.41. The Labute approximate surface area is 126 Å². The molecular weight excluding hydrogens is 272 g/mol. The molecule has 1 aromatic rings. The Balaban J connectivity index is 2.03. The Morgan fingerprint density at radius 3 is 2.70 bits per heavy atom. The van der Waals surface area contributed by atoms with Crippen LogP contribution in [0.5, 0.6) is 11.5 Å². The van der Waals surface area contributed by atoms with E-state index in [0.717, 1.165) is 29.6 Å². The summed E-state index contributed by atoms with van der Waals surface area (Å²) in [6.07, 6.45) is 2.49. The van der Waals surface area contributed by atoms with Gasteiger partial charge in [-0.15, -0.1) is 0 Å². The van der Waals surface area contributed by atoms with Crippen molar-refractivity contribution in [1.82, 2.24) is 4.90 Å². The van der Waals surface area contributed by atoms with Gasteiger partial charge in [-0.05, 0) is 43.1 Å². The molecule has 0 aliphatic carbocycles. The molecule has 0 aromatic heterocycles. The van der Waals surface area contributed by atoms with E-state index in [4.69, 9.17) is 21.7 Å². The van der Waals surface area contributed by atoms with E-state index >= 15 is 0 Å². The molecule has 0 bridgehead atoms. The highest BCUT2D eigenvalue weighted by Crippen LogP contribution is 2.30. The van der Waals surface area contributed by atoms with Crippen LogP contribution in [0.15, 0.2) is 18.2 Å². The molecule has 4 nitrogen and oxygen atoms in total. The molecule has 20 heavy (non-hydrogen) atoms. The second-order valence-electron chi connectivity index (χ2n) is 5.19. The van der Waals surface area contributed by atoms with Gasteiger partial charge in [-0.1, -0.05) is 6.92 Å². The smallest absolute Gasteiger partial charge is 0.173 e. The number of nitrogens with zero attached hydrogens (tertiary/aromatic N) is 1. The summed E-state index contributed by atoms with van der Waals surface area (Å²) in [6, 6.07) is 5.72. The Kier molecular flexibility index (Phi) is 5.06. The number of rotatable bonds is 3. The number of hydrogen-bond acceptors (Lipinski definition) is 3. The summed E-state index contributed by atoms with van der Waals surface area (Å²) < 4.78 is 10.5. The zero-order valence-electron chi connectivity index (χ0n) is 12.3. The average molecular weight is 294 g/mol. The molecule has 1 aromatic carbocycles. The van der Waals surface area contributed by atoms with Gasteiger partial charge in [0.1, 0.15) is 0 Å². The molecule has 1 atom stereocenters.